The molecule has 1 atom stereocenters. The largest absolute Gasteiger partial charge is 0.342 e. The van der Waals surface area contributed by atoms with Gasteiger partial charge in [-0.25, -0.2) is 0 Å². The van der Waals surface area contributed by atoms with E-state index in [4.69, 9.17) is 11.6 Å². The van der Waals surface area contributed by atoms with E-state index in [-0.39, 0.29) is 11.8 Å². The van der Waals surface area contributed by atoms with Crippen LogP contribution in [0.3, 0.4) is 0 Å². The number of nitrogens with zero attached hydrogens (tertiary/aromatic N) is 1. The van der Waals surface area contributed by atoms with Gasteiger partial charge in [0.05, 0.1) is 5.92 Å². The number of halogens is 1. The lowest BCUT2D eigenvalue weighted by Crippen LogP contribution is -2.36. The Bertz CT molecular complexity index is 385. The van der Waals surface area contributed by atoms with E-state index in [0.29, 0.717) is 5.88 Å². The first-order valence-corrected chi connectivity index (χ1v) is 7.76. The second-order valence-corrected chi connectivity index (χ2v) is 5.56. The molecule has 1 aromatic carbocycles. The molecule has 19 heavy (non-hydrogen) atoms. The Morgan fingerprint density at radius 1 is 1.11 bits per heavy atom. The summed E-state index contributed by atoms with van der Waals surface area (Å²) < 4.78 is 0. The average Bonchev–Trinajstić information content (AvgIpc) is 2.74. The number of amides is 1. The minimum absolute atomic E-state index is 0.0724. The van der Waals surface area contributed by atoms with Crippen molar-refractivity contribution in [1.82, 2.24) is 4.90 Å². The van der Waals surface area contributed by atoms with Crippen LogP contribution in [-0.2, 0) is 4.79 Å². The normalized spacial score (nSPS) is 17.8. The van der Waals surface area contributed by atoms with Gasteiger partial charge in [0.2, 0.25) is 5.91 Å². The molecule has 1 aliphatic heterocycles. The number of alkyl halides is 1. The lowest BCUT2D eigenvalue weighted by Gasteiger charge is -2.26. The van der Waals surface area contributed by atoms with E-state index in [1.807, 2.05) is 35.2 Å². The molecule has 1 amide bonds. The standard InChI is InChI=1S/C16H22ClNO/c17-11-10-15(14-8-4-3-5-9-14)16(19)18-12-6-1-2-7-13-18/h3-5,8-9,15H,1-2,6-7,10-13H2. The number of hydrogen-bond donors (Lipinski definition) is 0. The topological polar surface area (TPSA) is 20.3 Å². The molecule has 0 radical (unpaired) electrons. The third kappa shape index (κ3) is 3.97. The van der Waals surface area contributed by atoms with Crippen LogP contribution in [0.4, 0.5) is 0 Å². The highest BCUT2D eigenvalue weighted by Crippen LogP contribution is 2.24. The Hall–Kier alpha value is -1.02. The molecule has 0 aliphatic carbocycles. The molecule has 2 rings (SSSR count). The number of likely N-dealkylation sites (tertiary alicyclic amines) is 1. The van der Waals surface area contributed by atoms with Gasteiger partial charge >= 0.3 is 0 Å². The zero-order valence-electron chi connectivity index (χ0n) is 11.4. The molecule has 0 aromatic heterocycles. The highest BCUT2D eigenvalue weighted by molar-refractivity contribution is 6.18. The van der Waals surface area contributed by atoms with E-state index in [0.717, 1.165) is 37.9 Å². The maximum atomic E-state index is 12.7. The van der Waals surface area contributed by atoms with E-state index in [1.165, 1.54) is 12.8 Å². The summed E-state index contributed by atoms with van der Waals surface area (Å²) in [6.45, 7) is 1.81. The van der Waals surface area contributed by atoms with Gasteiger partial charge in [0.1, 0.15) is 0 Å². The second kappa shape index (κ2) is 7.54. The fourth-order valence-electron chi connectivity index (χ4n) is 2.74. The SMILES string of the molecule is O=C(C(CCCl)c1ccccc1)N1CCCCCC1. The van der Waals surface area contributed by atoms with E-state index in [1.54, 1.807) is 0 Å². The quantitative estimate of drug-likeness (QED) is 0.768. The van der Waals surface area contributed by atoms with Crippen molar-refractivity contribution >= 4 is 17.5 Å². The van der Waals surface area contributed by atoms with Gasteiger partial charge < -0.3 is 4.90 Å². The second-order valence-electron chi connectivity index (χ2n) is 5.18. The predicted molar refractivity (Wildman–Crippen MR) is 79.6 cm³/mol. The summed E-state index contributed by atoms with van der Waals surface area (Å²) in [5.41, 5.74) is 1.09. The van der Waals surface area contributed by atoms with Crippen LogP contribution in [0, 0.1) is 0 Å². The zero-order valence-corrected chi connectivity index (χ0v) is 12.1. The molecular formula is C16H22ClNO. The molecule has 1 fully saturated rings. The number of rotatable bonds is 4. The summed E-state index contributed by atoms with van der Waals surface area (Å²) in [6, 6.07) is 10.0. The van der Waals surface area contributed by atoms with Crippen molar-refractivity contribution < 1.29 is 4.79 Å². The summed E-state index contributed by atoms with van der Waals surface area (Å²) >= 11 is 5.89. The Morgan fingerprint density at radius 3 is 2.32 bits per heavy atom. The van der Waals surface area contributed by atoms with Gasteiger partial charge in [-0.3, -0.25) is 4.79 Å². The molecule has 2 nitrogen and oxygen atoms in total. The maximum Gasteiger partial charge on any atom is 0.230 e. The third-order valence-electron chi connectivity index (χ3n) is 3.82. The number of hydrogen-bond acceptors (Lipinski definition) is 1. The monoisotopic (exact) mass is 279 g/mol. The van der Waals surface area contributed by atoms with Crippen molar-refractivity contribution in [3.63, 3.8) is 0 Å². The van der Waals surface area contributed by atoms with Crippen LogP contribution in [0.5, 0.6) is 0 Å². The lowest BCUT2D eigenvalue weighted by atomic mass is 9.95. The van der Waals surface area contributed by atoms with Gasteiger partial charge in [-0.15, -0.1) is 11.6 Å². The highest BCUT2D eigenvalue weighted by atomic mass is 35.5. The molecular weight excluding hydrogens is 258 g/mol. The van der Waals surface area contributed by atoms with Gasteiger partial charge in [-0.05, 0) is 24.8 Å². The molecule has 104 valence electrons. The first kappa shape index (κ1) is 14.4. The minimum Gasteiger partial charge on any atom is -0.342 e. The van der Waals surface area contributed by atoms with E-state index in [9.17, 15) is 4.79 Å². The number of carbonyl (C=O) groups excluding carboxylic acids is 1. The molecule has 1 aromatic rings. The molecule has 1 saturated heterocycles. The molecule has 0 bridgehead atoms. The molecule has 1 heterocycles. The van der Waals surface area contributed by atoms with Gasteiger partial charge in [-0.1, -0.05) is 43.2 Å². The van der Waals surface area contributed by atoms with E-state index < -0.39 is 0 Å². The van der Waals surface area contributed by atoms with Crippen LogP contribution in [0.15, 0.2) is 30.3 Å². The van der Waals surface area contributed by atoms with E-state index in [2.05, 4.69) is 0 Å². The van der Waals surface area contributed by atoms with Crippen molar-refractivity contribution in [3.8, 4) is 0 Å². The van der Waals surface area contributed by atoms with Crippen molar-refractivity contribution in [3.05, 3.63) is 35.9 Å². The van der Waals surface area contributed by atoms with Crippen molar-refractivity contribution in [2.24, 2.45) is 0 Å². The third-order valence-corrected chi connectivity index (χ3v) is 4.03. The predicted octanol–water partition coefficient (Wildman–Crippen LogP) is 3.80. The maximum absolute atomic E-state index is 12.7. The van der Waals surface area contributed by atoms with Crippen LogP contribution in [0.25, 0.3) is 0 Å². The molecule has 1 unspecified atom stereocenters. The average molecular weight is 280 g/mol. The Labute approximate surface area is 120 Å². The fraction of sp³-hybridized carbons (Fsp3) is 0.562. The lowest BCUT2D eigenvalue weighted by molar-refractivity contribution is -0.132. The zero-order chi connectivity index (χ0) is 13.5. The van der Waals surface area contributed by atoms with Gasteiger partial charge in [0, 0.05) is 19.0 Å². The van der Waals surface area contributed by atoms with Gasteiger partial charge in [-0.2, -0.15) is 0 Å². The summed E-state index contributed by atoms with van der Waals surface area (Å²) in [4.78, 5) is 14.7. The summed E-state index contributed by atoms with van der Waals surface area (Å²) in [5.74, 6) is 0.713. The van der Waals surface area contributed by atoms with Crippen LogP contribution in [0.2, 0.25) is 0 Å². The van der Waals surface area contributed by atoms with Crippen LogP contribution in [-0.4, -0.2) is 29.8 Å². The summed E-state index contributed by atoms with van der Waals surface area (Å²) in [5, 5.41) is 0. The summed E-state index contributed by atoms with van der Waals surface area (Å²) in [6.07, 6.45) is 5.48. The first-order valence-electron chi connectivity index (χ1n) is 7.22. The van der Waals surface area contributed by atoms with Crippen LogP contribution >= 0.6 is 11.6 Å². The number of carbonyl (C=O) groups is 1. The van der Waals surface area contributed by atoms with Crippen LogP contribution < -0.4 is 0 Å². The van der Waals surface area contributed by atoms with Gasteiger partial charge in [0.15, 0.2) is 0 Å². The minimum atomic E-state index is -0.0724. The Kier molecular flexibility index (Phi) is 5.71. The summed E-state index contributed by atoms with van der Waals surface area (Å²) in [7, 11) is 0. The van der Waals surface area contributed by atoms with Crippen molar-refractivity contribution in [2.75, 3.05) is 19.0 Å². The van der Waals surface area contributed by atoms with Crippen molar-refractivity contribution in [1.29, 1.82) is 0 Å². The fourth-order valence-corrected chi connectivity index (χ4v) is 2.96. The van der Waals surface area contributed by atoms with Crippen molar-refractivity contribution in [2.45, 2.75) is 38.0 Å². The highest BCUT2D eigenvalue weighted by Gasteiger charge is 2.25. The molecule has 1 aliphatic rings. The smallest absolute Gasteiger partial charge is 0.230 e. The molecule has 0 spiro atoms. The first-order chi connectivity index (χ1) is 9.33. The van der Waals surface area contributed by atoms with E-state index >= 15 is 0 Å². The molecule has 0 N–H and O–H groups in total. The Balaban J connectivity index is 2.11. The van der Waals surface area contributed by atoms with Gasteiger partial charge in [0.25, 0.3) is 0 Å². The molecule has 3 heteroatoms. The molecule has 0 saturated carbocycles. The Morgan fingerprint density at radius 2 is 1.74 bits per heavy atom. The number of benzene rings is 1. The van der Waals surface area contributed by atoms with Crippen LogP contribution in [0.1, 0.15) is 43.6 Å².